The maximum absolute atomic E-state index is 12.3. The highest BCUT2D eigenvalue weighted by molar-refractivity contribution is 5.81. The third-order valence-electron chi connectivity index (χ3n) is 5.53. The number of ether oxygens (including phenoxy) is 1. The average molecular weight is 406 g/mol. The Morgan fingerprint density at radius 1 is 1.13 bits per heavy atom. The van der Waals surface area contributed by atoms with E-state index >= 15 is 0 Å². The zero-order chi connectivity index (χ0) is 21.7. The van der Waals surface area contributed by atoms with Crippen molar-refractivity contribution in [2.45, 2.75) is 45.1 Å². The van der Waals surface area contributed by atoms with E-state index < -0.39 is 23.5 Å². The van der Waals surface area contributed by atoms with E-state index in [0.29, 0.717) is 12.8 Å². The first kappa shape index (κ1) is 21.4. The van der Waals surface area contributed by atoms with Gasteiger partial charge in [-0.3, -0.25) is 0 Å². The SMILES string of the molecule is CC(C)(C#N)CCCC(NC(=O)OCC1c2ccccc2-c2ccccc21)C(=O)O. The van der Waals surface area contributed by atoms with Crippen LogP contribution in [0, 0.1) is 16.7 Å². The molecule has 156 valence electrons. The molecule has 1 atom stereocenters. The van der Waals surface area contributed by atoms with Gasteiger partial charge in [-0.1, -0.05) is 48.5 Å². The van der Waals surface area contributed by atoms with Gasteiger partial charge >= 0.3 is 12.1 Å². The predicted molar refractivity (Wildman–Crippen MR) is 113 cm³/mol. The van der Waals surface area contributed by atoms with Gasteiger partial charge in [-0.05, 0) is 55.4 Å². The second-order valence-corrected chi connectivity index (χ2v) is 8.25. The van der Waals surface area contributed by atoms with E-state index in [-0.39, 0.29) is 18.9 Å². The molecule has 0 aromatic heterocycles. The van der Waals surface area contributed by atoms with Crippen molar-refractivity contribution in [3.63, 3.8) is 0 Å². The number of carbonyl (C=O) groups is 2. The Morgan fingerprint density at radius 2 is 1.70 bits per heavy atom. The summed E-state index contributed by atoms with van der Waals surface area (Å²) < 4.78 is 5.42. The van der Waals surface area contributed by atoms with Crippen LogP contribution >= 0.6 is 0 Å². The van der Waals surface area contributed by atoms with Gasteiger partial charge < -0.3 is 15.2 Å². The predicted octanol–water partition coefficient (Wildman–Crippen LogP) is 4.70. The van der Waals surface area contributed by atoms with Gasteiger partial charge in [0.25, 0.3) is 0 Å². The standard InChI is InChI=1S/C24H26N2O4/c1-24(2,15-25)13-7-12-21(22(27)28)26-23(29)30-14-20-18-10-5-3-8-16(18)17-9-4-6-11-19(17)20/h3-6,8-11,20-21H,7,12-14H2,1-2H3,(H,26,29)(H,27,28). The van der Waals surface area contributed by atoms with Gasteiger partial charge in [0.1, 0.15) is 12.6 Å². The van der Waals surface area contributed by atoms with E-state index in [1.165, 1.54) is 0 Å². The number of nitrogens with one attached hydrogen (secondary N) is 1. The number of rotatable bonds is 8. The second kappa shape index (κ2) is 9.00. The summed E-state index contributed by atoms with van der Waals surface area (Å²) >= 11 is 0. The zero-order valence-corrected chi connectivity index (χ0v) is 17.2. The van der Waals surface area contributed by atoms with E-state index in [1.807, 2.05) is 50.2 Å². The fourth-order valence-electron chi connectivity index (χ4n) is 3.84. The van der Waals surface area contributed by atoms with Crippen LogP contribution in [0.4, 0.5) is 4.79 Å². The van der Waals surface area contributed by atoms with Crippen molar-refractivity contribution >= 4 is 12.1 Å². The molecule has 2 aromatic rings. The van der Waals surface area contributed by atoms with E-state index in [1.54, 1.807) is 0 Å². The van der Waals surface area contributed by atoms with E-state index in [4.69, 9.17) is 10.00 Å². The minimum absolute atomic E-state index is 0.0807. The quantitative estimate of drug-likeness (QED) is 0.662. The van der Waals surface area contributed by atoms with Crippen molar-refractivity contribution in [1.82, 2.24) is 5.32 Å². The lowest BCUT2D eigenvalue weighted by molar-refractivity contribution is -0.139. The molecule has 0 aliphatic heterocycles. The Kier molecular flexibility index (Phi) is 6.41. The molecule has 1 aliphatic rings. The summed E-state index contributed by atoms with van der Waals surface area (Å²) in [6.45, 7) is 3.75. The van der Waals surface area contributed by atoms with Crippen molar-refractivity contribution in [2.75, 3.05) is 6.61 Å². The fraction of sp³-hybridized carbons (Fsp3) is 0.375. The third-order valence-corrected chi connectivity index (χ3v) is 5.53. The molecule has 0 saturated carbocycles. The lowest BCUT2D eigenvalue weighted by atomic mass is 9.88. The van der Waals surface area contributed by atoms with E-state index in [0.717, 1.165) is 22.3 Å². The molecular formula is C24H26N2O4. The zero-order valence-electron chi connectivity index (χ0n) is 17.2. The summed E-state index contributed by atoms with van der Waals surface area (Å²) in [6.07, 6.45) is 0.565. The Morgan fingerprint density at radius 3 is 2.23 bits per heavy atom. The van der Waals surface area contributed by atoms with Crippen LogP contribution in [0.15, 0.2) is 48.5 Å². The molecule has 0 saturated heterocycles. The van der Waals surface area contributed by atoms with Crippen LogP contribution in [0.3, 0.4) is 0 Å². The molecule has 6 nitrogen and oxygen atoms in total. The van der Waals surface area contributed by atoms with Crippen LogP contribution in [0.5, 0.6) is 0 Å². The number of amides is 1. The molecule has 0 spiro atoms. The van der Waals surface area contributed by atoms with Crippen molar-refractivity contribution in [1.29, 1.82) is 5.26 Å². The van der Waals surface area contributed by atoms with Gasteiger partial charge in [0.2, 0.25) is 0 Å². The van der Waals surface area contributed by atoms with Crippen molar-refractivity contribution in [3.8, 4) is 17.2 Å². The van der Waals surface area contributed by atoms with Crippen LogP contribution < -0.4 is 5.32 Å². The van der Waals surface area contributed by atoms with Crippen LogP contribution in [0.2, 0.25) is 0 Å². The number of carboxylic acid groups (broad SMARTS) is 1. The van der Waals surface area contributed by atoms with Gasteiger partial charge in [0, 0.05) is 5.92 Å². The topological polar surface area (TPSA) is 99.4 Å². The summed E-state index contributed by atoms with van der Waals surface area (Å²) in [7, 11) is 0. The number of fused-ring (bicyclic) bond motifs is 3. The average Bonchev–Trinajstić information content (AvgIpc) is 3.05. The molecule has 1 unspecified atom stereocenters. The highest BCUT2D eigenvalue weighted by atomic mass is 16.5. The van der Waals surface area contributed by atoms with Gasteiger partial charge in [-0.15, -0.1) is 0 Å². The van der Waals surface area contributed by atoms with Crippen LogP contribution in [-0.4, -0.2) is 29.8 Å². The van der Waals surface area contributed by atoms with Gasteiger partial charge in [0.15, 0.2) is 0 Å². The Hall–Kier alpha value is -3.33. The molecule has 0 bridgehead atoms. The third kappa shape index (κ3) is 4.80. The fourth-order valence-corrected chi connectivity index (χ4v) is 3.84. The lowest BCUT2D eigenvalue weighted by Gasteiger charge is -2.19. The maximum Gasteiger partial charge on any atom is 0.407 e. The number of nitriles is 1. The molecule has 6 heteroatoms. The minimum Gasteiger partial charge on any atom is -0.480 e. The number of benzene rings is 2. The van der Waals surface area contributed by atoms with Gasteiger partial charge in [-0.25, -0.2) is 9.59 Å². The first-order valence-corrected chi connectivity index (χ1v) is 10.1. The number of alkyl carbamates (subject to hydrolysis) is 1. The van der Waals surface area contributed by atoms with E-state index in [9.17, 15) is 14.7 Å². The van der Waals surface area contributed by atoms with Gasteiger partial charge in [0.05, 0.1) is 11.5 Å². The second-order valence-electron chi connectivity index (χ2n) is 8.25. The number of aliphatic carboxylic acids is 1. The van der Waals surface area contributed by atoms with Crippen molar-refractivity contribution in [3.05, 3.63) is 59.7 Å². The number of hydrogen-bond acceptors (Lipinski definition) is 4. The number of carbonyl (C=O) groups excluding carboxylic acids is 1. The number of nitrogens with zero attached hydrogens (tertiary/aromatic N) is 1. The molecule has 0 heterocycles. The molecule has 0 radical (unpaired) electrons. The van der Waals surface area contributed by atoms with Crippen LogP contribution in [-0.2, 0) is 9.53 Å². The molecule has 2 N–H and O–H groups in total. The monoisotopic (exact) mass is 406 g/mol. The lowest BCUT2D eigenvalue weighted by Crippen LogP contribution is -2.41. The van der Waals surface area contributed by atoms with Crippen molar-refractivity contribution < 1.29 is 19.4 Å². The maximum atomic E-state index is 12.3. The summed E-state index contributed by atoms with van der Waals surface area (Å²) in [5, 5.41) is 20.9. The summed E-state index contributed by atoms with van der Waals surface area (Å²) in [6, 6.07) is 17.2. The van der Waals surface area contributed by atoms with Crippen LogP contribution in [0.1, 0.15) is 50.2 Å². The van der Waals surface area contributed by atoms with Crippen LogP contribution in [0.25, 0.3) is 11.1 Å². The molecule has 0 fully saturated rings. The Bertz CT molecular complexity index is 932. The van der Waals surface area contributed by atoms with E-state index in [2.05, 4.69) is 23.5 Å². The number of hydrogen-bond donors (Lipinski definition) is 2. The highest BCUT2D eigenvalue weighted by Crippen LogP contribution is 2.44. The largest absolute Gasteiger partial charge is 0.480 e. The summed E-state index contributed by atoms with van der Waals surface area (Å²) in [5.41, 5.74) is 3.93. The molecule has 2 aromatic carbocycles. The first-order valence-electron chi connectivity index (χ1n) is 10.1. The molecule has 1 amide bonds. The first-order chi connectivity index (χ1) is 14.3. The smallest absolute Gasteiger partial charge is 0.407 e. The summed E-state index contributed by atoms with van der Waals surface area (Å²) in [5.74, 6) is -1.19. The molecule has 1 aliphatic carbocycles. The normalized spacial score (nSPS) is 13.6. The minimum atomic E-state index is -1.11. The Balaban J connectivity index is 1.60. The van der Waals surface area contributed by atoms with Crippen molar-refractivity contribution in [2.24, 2.45) is 5.41 Å². The highest BCUT2D eigenvalue weighted by Gasteiger charge is 2.30. The number of carboxylic acids is 1. The molecule has 3 rings (SSSR count). The van der Waals surface area contributed by atoms with Gasteiger partial charge in [-0.2, -0.15) is 5.26 Å². The summed E-state index contributed by atoms with van der Waals surface area (Å²) in [4.78, 5) is 23.8. The Labute approximate surface area is 176 Å². The molecule has 30 heavy (non-hydrogen) atoms. The molecular weight excluding hydrogens is 380 g/mol.